The predicted octanol–water partition coefficient (Wildman–Crippen LogP) is 2.67. The minimum Gasteiger partial charge on any atom is -0.393 e. The molecular formula is C21H30O4. The second-order valence-corrected chi connectivity index (χ2v) is 9.47. The Balaban J connectivity index is 1.75. The minimum atomic E-state index is -0.571. The van der Waals surface area contributed by atoms with Gasteiger partial charge in [0.2, 0.25) is 0 Å². The Hall–Kier alpha value is -1.00. The Bertz CT molecular complexity index is 652. The van der Waals surface area contributed by atoms with Crippen molar-refractivity contribution in [2.45, 2.75) is 71.5 Å². The van der Waals surface area contributed by atoms with Crippen molar-refractivity contribution in [3.05, 3.63) is 11.6 Å². The van der Waals surface area contributed by atoms with Gasteiger partial charge in [0.25, 0.3) is 0 Å². The van der Waals surface area contributed by atoms with E-state index >= 15 is 0 Å². The van der Waals surface area contributed by atoms with Crippen molar-refractivity contribution in [1.29, 1.82) is 0 Å². The van der Waals surface area contributed by atoms with Crippen LogP contribution < -0.4 is 0 Å². The number of ketones is 2. The zero-order valence-corrected chi connectivity index (χ0v) is 15.5. The van der Waals surface area contributed by atoms with Crippen molar-refractivity contribution < 1.29 is 19.8 Å². The summed E-state index contributed by atoms with van der Waals surface area (Å²) in [4.78, 5) is 24.1. The Morgan fingerprint density at radius 2 is 1.92 bits per heavy atom. The molecule has 0 aromatic carbocycles. The van der Waals surface area contributed by atoms with Crippen LogP contribution in [-0.2, 0) is 9.59 Å². The van der Waals surface area contributed by atoms with Gasteiger partial charge < -0.3 is 10.2 Å². The molecule has 0 aromatic heterocycles. The SMILES string of the molecule is CC(=O)[C@H]1C[C@H](O)[C@H]2[C@@H]3CCC4=CC(=O)CC[C@]4(C)[C@H]3C[C@H](O)[C@@]21C. The number of hydrogen-bond acceptors (Lipinski definition) is 4. The van der Waals surface area contributed by atoms with Crippen molar-refractivity contribution in [2.24, 2.45) is 34.5 Å². The van der Waals surface area contributed by atoms with Crippen LogP contribution in [0.3, 0.4) is 0 Å². The van der Waals surface area contributed by atoms with E-state index in [1.165, 1.54) is 5.57 Å². The second-order valence-electron chi connectivity index (χ2n) is 9.47. The summed E-state index contributed by atoms with van der Waals surface area (Å²) in [5.74, 6) is 0.654. The summed E-state index contributed by atoms with van der Waals surface area (Å²) >= 11 is 0. The highest BCUT2D eigenvalue weighted by atomic mass is 16.3. The van der Waals surface area contributed by atoms with Gasteiger partial charge in [0.1, 0.15) is 5.78 Å². The molecule has 0 aliphatic heterocycles. The van der Waals surface area contributed by atoms with E-state index in [-0.39, 0.29) is 34.7 Å². The first-order valence-corrected chi connectivity index (χ1v) is 9.80. The number of carbonyl (C=O) groups is 2. The largest absolute Gasteiger partial charge is 0.393 e. The summed E-state index contributed by atoms with van der Waals surface area (Å²) < 4.78 is 0. The summed E-state index contributed by atoms with van der Waals surface area (Å²) in [7, 11) is 0. The van der Waals surface area contributed by atoms with Crippen molar-refractivity contribution in [2.75, 3.05) is 0 Å². The quantitative estimate of drug-likeness (QED) is 0.765. The lowest BCUT2D eigenvalue weighted by molar-refractivity contribution is -0.157. The predicted molar refractivity (Wildman–Crippen MR) is 93.7 cm³/mol. The zero-order chi connectivity index (χ0) is 18.1. The molecule has 0 amide bonds. The fourth-order valence-corrected chi connectivity index (χ4v) is 7.20. The highest BCUT2D eigenvalue weighted by Gasteiger charge is 2.65. The van der Waals surface area contributed by atoms with Crippen molar-refractivity contribution in [1.82, 2.24) is 0 Å². The lowest BCUT2D eigenvalue weighted by atomic mass is 9.45. The first kappa shape index (κ1) is 17.4. The number of fused-ring (bicyclic) bond motifs is 5. The number of aliphatic hydroxyl groups excluding tert-OH is 2. The molecule has 4 rings (SSSR count). The number of aliphatic hydroxyl groups is 2. The van der Waals surface area contributed by atoms with E-state index in [4.69, 9.17) is 0 Å². The third-order valence-electron chi connectivity index (χ3n) is 8.55. The van der Waals surface area contributed by atoms with Gasteiger partial charge in [0.05, 0.1) is 12.2 Å². The summed E-state index contributed by atoms with van der Waals surface area (Å²) in [6.45, 7) is 5.87. The lowest BCUT2D eigenvalue weighted by Crippen LogP contribution is -2.58. The maximum atomic E-state index is 12.2. The number of hydrogen-bond donors (Lipinski definition) is 2. The van der Waals surface area contributed by atoms with Gasteiger partial charge in [0.15, 0.2) is 5.78 Å². The zero-order valence-electron chi connectivity index (χ0n) is 15.5. The van der Waals surface area contributed by atoms with E-state index < -0.39 is 17.6 Å². The summed E-state index contributed by atoms with van der Waals surface area (Å²) in [5.41, 5.74) is 0.679. The summed E-state index contributed by atoms with van der Waals surface area (Å²) in [5, 5.41) is 22.0. The third-order valence-corrected chi connectivity index (χ3v) is 8.55. The van der Waals surface area contributed by atoms with Gasteiger partial charge in [-0.1, -0.05) is 19.4 Å². The van der Waals surface area contributed by atoms with Crippen molar-refractivity contribution in [3.63, 3.8) is 0 Å². The number of allylic oxidation sites excluding steroid dienone is 1. The summed E-state index contributed by atoms with van der Waals surface area (Å²) in [6, 6.07) is 0. The molecule has 0 aromatic rings. The molecule has 2 N–H and O–H groups in total. The monoisotopic (exact) mass is 346 g/mol. The topological polar surface area (TPSA) is 74.6 Å². The van der Waals surface area contributed by atoms with E-state index in [1.54, 1.807) is 6.92 Å². The van der Waals surface area contributed by atoms with Crippen molar-refractivity contribution >= 4 is 11.6 Å². The molecule has 4 aliphatic carbocycles. The molecule has 0 spiro atoms. The van der Waals surface area contributed by atoms with Crippen LogP contribution in [0.5, 0.6) is 0 Å². The van der Waals surface area contributed by atoms with Gasteiger partial charge in [0, 0.05) is 17.8 Å². The fourth-order valence-electron chi connectivity index (χ4n) is 7.20. The van der Waals surface area contributed by atoms with Crippen LogP contribution in [0, 0.1) is 34.5 Å². The van der Waals surface area contributed by atoms with Crippen LogP contribution in [0.1, 0.15) is 59.3 Å². The molecule has 0 radical (unpaired) electrons. The molecule has 3 fully saturated rings. The van der Waals surface area contributed by atoms with Gasteiger partial charge in [-0.2, -0.15) is 0 Å². The van der Waals surface area contributed by atoms with Crippen LogP contribution >= 0.6 is 0 Å². The van der Waals surface area contributed by atoms with E-state index in [9.17, 15) is 19.8 Å². The average Bonchev–Trinajstić information content (AvgIpc) is 2.82. The molecule has 0 saturated heterocycles. The number of rotatable bonds is 1. The van der Waals surface area contributed by atoms with Crippen molar-refractivity contribution in [3.8, 4) is 0 Å². The fraction of sp³-hybridized carbons (Fsp3) is 0.810. The molecule has 0 heterocycles. The first-order chi connectivity index (χ1) is 11.7. The molecule has 8 atom stereocenters. The van der Waals surface area contributed by atoms with Crippen LogP contribution in [0.4, 0.5) is 0 Å². The van der Waals surface area contributed by atoms with Crippen LogP contribution in [0.25, 0.3) is 0 Å². The molecule has 4 nitrogen and oxygen atoms in total. The third kappa shape index (κ3) is 2.19. The highest BCUT2D eigenvalue weighted by Crippen LogP contribution is 2.66. The molecule has 0 unspecified atom stereocenters. The maximum Gasteiger partial charge on any atom is 0.155 e. The lowest BCUT2D eigenvalue weighted by Gasteiger charge is -2.59. The second kappa shape index (κ2) is 5.50. The first-order valence-electron chi connectivity index (χ1n) is 9.80. The van der Waals surface area contributed by atoms with Gasteiger partial charge >= 0.3 is 0 Å². The molecular weight excluding hydrogens is 316 g/mol. The molecule has 3 saturated carbocycles. The Morgan fingerprint density at radius 1 is 1.20 bits per heavy atom. The van der Waals surface area contributed by atoms with E-state index in [2.05, 4.69) is 6.92 Å². The normalized spacial score (nSPS) is 52.0. The Kier molecular flexibility index (Phi) is 3.83. The highest BCUT2D eigenvalue weighted by molar-refractivity contribution is 5.91. The smallest absolute Gasteiger partial charge is 0.155 e. The molecule has 138 valence electrons. The molecule has 4 heteroatoms. The minimum absolute atomic E-state index is 0.0221. The van der Waals surface area contributed by atoms with E-state index in [0.29, 0.717) is 25.2 Å². The van der Waals surface area contributed by atoms with Gasteiger partial charge in [-0.3, -0.25) is 9.59 Å². The molecule has 0 bridgehead atoms. The van der Waals surface area contributed by atoms with E-state index in [0.717, 1.165) is 19.3 Å². The van der Waals surface area contributed by atoms with Gasteiger partial charge in [-0.05, 0) is 68.3 Å². The summed E-state index contributed by atoms with van der Waals surface area (Å²) in [6.07, 6.45) is 5.21. The Morgan fingerprint density at radius 3 is 2.60 bits per heavy atom. The number of Topliss-reactive ketones (excluding diaryl/α,β-unsaturated/α-hetero) is 1. The van der Waals surface area contributed by atoms with Gasteiger partial charge in [-0.25, -0.2) is 0 Å². The van der Waals surface area contributed by atoms with Gasteiger partial charge in [-0.15, -0.1) is 0 Å². The van der Waals surface area contributed by atoms with Crippen LogP contribution in [-0.4, -0.2) is 34.0 Å². The number of carbonyl (C=O) groups excluding carboxylic acids is 2. The molecule has 4 aliphatic rings. The standard InChI is InChI=1S/C21H30O4/c1-11(22)15-9-17(24)19-14-5-4-12-8-13(23)6-7-20(12,2)16(14)10-18(25)21(15,19)3/h8,14-19,24-25H,4-7,9-10H2,1-3H3/t14-,15-,16+,17+,18+,19-,20+,21+/m1/s1. The van der Waals surface area contributed by atoms with Crippen LogP contribution in [0.2, 0.25) is 0 Å². The maximum absolute atomic E-state index is 12.2. The van der Waals surface area contributed by atoms with Crippen LogP contribution in [0.15, 0.2) is 11.6 Å². The van der Waals surface area contributed by atoms with E-state index in [1.807, 2.05) is 13.0 Å². The Labute approximate surface area is 149 Å². The average molecular weight is 346 g/mol. The molecule has 25 heavy (non-hydrogen) atoms.